The molecule has 5 rings (SSSR count). The first-order chi connectivity index (χ1) is 18.3. The van der Waals surface area contributed by atoms with E-state index in [1.165, 1.54) is 10.5 Å². The van der Waals surface area contributed by atoms with Crippen molar-refractivity contribution in [1.82, 2.24) is 19.2 Å². The van der Waals surface area contributed by atoms with E-state index < -0.39 is 11.5 Å². The van der Waals surface area contributed by atoms with E-state index in [0.717, 1.165) is 16.8 Å². The van der Waals surface area contributed by atoms with Crippen LogP contribution in [0.4, 0.5) is 17.2 Å². The summed E-state index contributed by atoms with van der Waals surface area (Å²) in [5.74, 6) is -0.665. The Hall–Kier alpha value is -4.85. The number of pyridine rings is 1. The maximum Gasteiger partial charge on any atom is 0.337 e. The SMILES string of the molecule is Cc1cc([C@@H](C)Nc2ccccc2C(=O)O)c2nc(N3CCN(c4cnn(C)c4)CC3)c(C#N)c(=O)n2c1. The number of para-hydroxylation sites is 1. The van der Waals surface area contributed by atoms with E-state index in [1.807, 2.05) is 44.3 Å². The molecule has 38 heavy (non-hydrogen) atoms. The Morgan fingerprint density at radius 1 is 1.16 bits per heavy atom. The Balaban J connectivity index is 1.53. The van der Waals surface area contributed by atoms with Crippen LogP contribution in [0.5, 0.6) is 0 Å². The number of carboxylic acid groups (broad SMARTS) is 1. The number of aromatic carboxylic acids is 1. The standard InChI is InChI=1S/C27H28N8O3/c1-17-12-21(18(2)30-23-7-5-4-6-20(23)27(37)38)25-31-24(22(13-28)26(36)35(25)15-17)34-10-8-33(9-11-34)19-14-29-32(3)16-19/h4-7,12,14-16,18,30H,8-11H2,1-3H3,(H,37,38)/t18-/m1/s1. The number of hydrogen-bond donors (Lipinski definition) is 2. The van der Waals surface area contributed by atoms with Gasteiger partial charge in [-0.15, -0.1) is 0 Å². The molecule has 1 aromatic carbocycles. The van der Waals surface area contributed by atoms with E-state index >= 15 is 0 Å². The van der Waals surface area contributed by atoms with Crippen LogP contribution in [0.2, 0.25) is 0 Å². The number of rotatable bonds is 6. The number of aryl methyl sites for hydroxylation is 2. The molecular formula is C27H28N8O3. The lowest BCUT2D eigenvalue weighted by Crippen LogP contribution is -2.47. The highest BCUT2D eigenvalue weighted by Crippen LogP contribution is 2.28. The molecule has 11 nitrogen and oxygen atoms in total. The second-order valence-electron chi connectivity index (χ2n) is 9.46. The zero-order valence-electron chi connectivity index (χ0n) is 21.4. The van der Waals surface area contributed by atoms with Crippen molar-refractivity contribution in [2.45, 2.75) is 19.9 Å². The molecule has 4 heterocycles. The van der Waals surface area contributed by atoms with E-state index in [2.05, 4.69) is 21.4 Å². The molecule has 194 valence electrons. The van der Waals surface area contributed by atoms with Crippen molar-refractivity contribution in [3.05, 3.63) is 81.5 Å². The van der Waals surface area contributed by atoms with E-state index in [0.29, 0.717) is 43.3 Å². The zero-order valence-corrected chi connectivity index (χ0v) is 21.4. The number of anilines is 3. The van der Waals surface area contributed by atoms with Crippen LogP contribution in [0, 0.1) is 18.3 Å². The number of nitriles is 1. The van der Waals surface area contributed by atoms with Gasteiger partial charge in [0.2, 0.25) is 0 Å². The molecule has 1 saturated heterocycles. The van der Waals surface area contributed by atoms with Crippen LogP contribution in [0.25, 0.3) is 5.65 Å². The van der Waals surface area contributed by atoms with Crippen LogP contribution in [0.1, 0.15) is 40.0 Å². The van der Waals surface area contributed by atoms with E-state index in [1.54, 1.807) is 29.1 Å². The number of nitrogens with one attached hydrogen (secondary N) is 1. The topological polar surface area (TPSA) is 132 Å². The van der Waals surface area contributed by atoms with Gasteiger partial charge in [0.05, 0.1) is 23.5 Å². The average Bonchev–Trinajstić information content (AvgIpc) is 3.35. The molecule has 0 spiro atoms. The summed E-state index contributed by atoms with van der Waals surface area (Å²) >= 11 is 0. The summed E-state index contributed by atoms with van der Waals surface area (Å²) in [5.41, 5.74) is 3.20. The molecule has 0 unspecified atom stereocenters. The predicted octanol–water partition coefficient (Wildman–Crippen LogP) is 2.81. The van der Waals surface area contributed by atoms with Crippen LogP contribution in [0.3, 0.4) is 0 Å². The minimum atomic E-state index is -1.03. The normalized spacial score (nSPS) is 14.4. The molecule has 0 bridgehead atoms. The van der Waals surface area contributed by atoms with Crippen LogP contribution < -0.4 is 20.7 Å². The van der Waals surface area contributed by atoms with Crippen molar-refractivity contribution in [3.63, 3.8) is 0 Å². The van der Waals surface area contributed by atoms with Crippen molar-refractivity contribution in [3.8, 4) is 6.07 Å². The van der Waals surface area contributed by atoms with E-state index in [9.17, 15) is 20.0 Å². The molecule has 1 fully saturated rings. The molecule has 3 aromatic heterocycles. The summed E-state index contributed by atoms with van der Waals surface area (Å²) in [5, 5.41) is 27.0. The van der Waals surface area contributed by atoms with Gasteiger partial charge in [-0.1, -0.05) is 12.1 Å². The second-order valence-corrected chi connectivity index (χ2v) is 9.46. The summed E-state index contributed by atoms with van der Waals surface area (Å²) in [6, 6.07) is 10.3. The van der Waals surface area contributed by atoms with Crippen LogP contribution in [0.15, 0.2) is 53.7 Å². The summed E-state index contributed by atoms with van der Waals surface area (Å²) in [6.07, 6.45) is 5.46. The van der Waals surface area contributed by atoms with Gasteiger partial charge in [0.1, 0.15) is 11.7 Å². The van der Waals surface area contributed by atoms with Gasteiger partial charge in [0, 0.05) is 56.9 Å². The Labute approximate surface area is 219 Å². The van der Waals surface area contributed by atoms with Gasteiger partial charge in [-0.25, -0.2) is 9.78 Å². The van der Waals surface area contributed by atoms with Crippen molar-refractivity contribution < 1.29 is 9.90 Å². The largest absolute Gasteiger partial charge is 0.478 e. The Morgan fingerprint density at radius 2 is 1.87 bits per heavy atom. The lowest BCUT2D eigenvalue weighted by Gasteiger charge is -2.36. The fourth-order valence-corrected chi connectivity index (χ4v) is 4.90. The second kappa shape index (κ2) is 9.89. The highest BCUT2D eigenvalue weighted by molar-refractivity contribution is 5.94. The summed E-state index contributed by atoms with van der Waals surface area (Å²) in [4.78, 5) is 34.3. The number of piperazine rings is 1. The molecule has 2 N–H and O–H groups in total. The monoisotopic (exact) mass is 512 g/mol. The van der Waals surface area contributed by atoms with Crippen molar-refractivity contribution >= 4 is 28.8 Å². The first-order valence-corrected chi connectivity index (χ1v) is 12.3. The first kappa shape index (κ1) is 24.8. The Bertz CT molecular complexity index is 1630. The summed E-state index contributed by atoms with van der Waals surface area (Å²) < 4.78 is 3.18. The molecule has 1 aliphatic heterocycles. The third-order valence-corrected chi connectivity index (χ3v) is 6.81. The fraction of sp³-hybridized carbons (Fsp3) is 0.296. The minimum Gasteiger partial charge on any atom is -0.478 e. The lowest BCUT2D eigenvalue weighted by atomic mass is 10.1. The van der Waals surface area contributed by atoms with Gasteiger partial charge < -0.3 is 20.2 Å². The van der Waals surface area contributed by atoms with Gasteiger partial charge in [0.25, 0.3) is 5.56 Å². The van der Waals surface area contributed by atoms with Gasteiger partial charge in [-0.3, -0.25) is 13.9 Å². The zero-order chi connectivity index (χ0) is 27.0. The van der Waals surface area contributed by atoms with E-state index in [4.69, 9.17) is 4.98 Å². The van der Waals surface area contributed by atoms with Crippen LogP contribution in [-0.2, 0) is 7.05 Å². The smallest absolute Gasteiger partial charge is 0.337 e. The molecular weight excluding hydrogens is 484 g/mol. The van der Waals surface area contributed by atoms with Crippen molar-refractivity contribution in [2.24, 2.45) is 7.05 Å². The molecule has 0 amide bonds. The number of carbonyl (C=O) groups is 1. The molecule has 1 aliphatic rings. The molecule has 0 aliphatic carbocycles. The molecule has 0 saturated carbocycles. The van der Waals surface area contributed by atoms with Gasteiger partial charge >= 0.3 is 5.97 Å². The molecule has 1 atom stereocenters. The van der Waals surface area contributed by atoms with Crippen LogP contribution in [-0.4, -0.2) is 56.4 Å². The Kier molecular flexibility index (Phi) is 6.46. The number of hydrogen-bond acceptors (Lipinski definition) is 8. The number of fused-ring (bicyclic) bond motifs is 1. The van der Waals surface area contributed by atoms with Gasteiger partial charge in [0.15, 0.2) is 11.4 Å². The van der Waals surface area contributed by atoms with E-state index in [-0.39, 0.29) is 17.2 Å². The third-order valence-electron chi connectivity index (χ3n) is 6.81. The lowest BCUT2D eigenvalue weighted by molar-refractivity contribution is 0.0698. The summed E-state index contributed by atoms with van der Waals surface area (Å²) in [7, 11) is 1.88. The van der Waals surface area contributed by atoms with Gasteiger partial charge in [-0.05, 0) is 37.6 Å². The Morgan fingerprint density at radius 3 is 2.53 bits per heavy atom. The average molecular weight is 513 g/mol. The maximum atomic E-state index is 13.5. The highest BCUT2D eigenvalue weighted by Gasteiger charge is 2.25. The first-order valence-electron chi connectivity index (χ1n) is 12.3. The number of carboxylic acids is 1. The van der Waals surface area contributed by atoms with Gasteiger partial charge in [-0.2, -0.15) is 10.4 Å². The molecule has 4 aromatic rings. The number of benzene rings is 1. The van der Waals surface area contributed by atoms with Crippen molar-refractivity contribution in [1.29, 1.82) is 5.26 Å². The van der Waals surface area contributed by atoms with Crippen molar-refractivity contribution in [2.75, 3.05) is 41.3 Å². The maximum absolute atomic E-state index is 13.5. The number of aromatic nitrogens is 4. The molecule has 11 heteroatoms. The predicted molar refractivity (Wildman–Crippen MR) is 144 cm³/mol. The quantitative estimate of drug-likeness (QED) is 0.400. The molecule has 0 radical (unpaired) electrons. The third kappa shape index (κ3) is 4.52. The fourth-order valence-electron chi connectivity index (χ4n) is 4.90. The summed E-state index contributed by atoms with van der Waals surface area (Å²) in [6.45, 7) is 6.33. The van der Waals surface area contributed by atoms with Crippen LogP contribution >= 0.6 is 0 Å². The minimum absolute atomic E-state index is 0.00529. The highest BCUT2D eigenvalue weighted by atomic mass is 16.4. The number of nitrogens with zero attached hydrogens (tertiary/aromatic N) is 7.